The SMILES string of the molecule is CCC1(O)CNCCC1(OC)OC. The van der Waals surface area contributed by atoms with Crippen molar-refractivity contribution in [2.75, 3.05) is 27.3 Å². The molecule has 0 aromatic carbocycles. The van der Waals surface area contributed by atoms with Crippen LogP contribution in [0, 0.1) is 0 Å². The summed E-state index contributed by atoms with van der Waals surface area (Å²) in [4.78, 5) is 0. The van der Waals surface area contributed by atoms with Gasteiger partial charge in [-0.15, -0.1) is 0 Å². The van der Waals surface area contributed by atoms with Crippen LogP contribution in [-0.4, -0.2) is 43.8 Å². The van der Waals surface area contributed by atoms with Gasteiger partial charge in [-0.25, -0.2) is 0 Å². The maximum Gasteiger partial charge on any atom is 0.199 e. The van der Waals surface area contributed by atoms with Crippen LogP contribution in [0.2, 0.25) is 0 Å². The van der Waals surface area contributed by atoms with Gasteiger partial charge < -0.3 is 19.9 Å². The van der Waals surface area contributed by atoms with Crippen molar-refractivity contribution in [3.8, 4) is 0 Å². The molecule has 0 aromatic rings. The second-order valence-electron chi connectivity index (χ2n) is 3.47. The van der Waals surface area contributed by atoms with E-state index < -0.39 is 11.4 Å². The van der Waals surface area contributed by atoms with E-state index in [0.29, 0.717) is 19.4 Å². The summed E-state index contributed by atoms with van der Waals surface area (Å²) >= 11 is 0. The molecule has 1 unspecified atom stereocenters. The smallest absolute Gasteiger partial charge is 0.199 e. The fourth-order valence-corrected chi connectivity index (χ4v) is 1.98. The van der Waals surface area contributed by atoms with Gasteiger partial charge in [0.1, 0.15) is 5.60 Å². The molecule has 0 radical (unpaired) electrons. The Kier molecular flexibility index (Phi) is 3.29. The number of rotatable bonds is 3. The molecule has 1 aliphatic heterocycles. The summed E-state index contributed by atoms with van der Waals surface area (Å²) in [5.41, 5.74) is -0.922. The largest absolute Gasteiger partial charge is 0.383 e. The maximum atomic E-state index is 10.3. The molecule has 0 bridgehead atoms. The van der Waals surface area contributed by atoms with Gasteiger partial charge in [-0.2, -0.15) is 0 Å². The van der Waals surface area contributed by atoms with Gasteiger partial charge in [0, 0.05) is 33.7 Å². The highest BCUT2D eigenvalue weighted by Gasteiger charge is 2.52. The van der Waals surface area contributed by atoms with Gasteiger partial charge in [0.05, 0.1) is 0 Å². The van der Waals surface area contributed by atoms with Gasteiger partial charge in [0.15, 0.2) is 5.79 Å². The van der Waals surface area contributed by atoms with Crippen LogP contribution in [0.25, 0.3) is 0 Å². The molecule has 0 aromatic heterocycles. The third-order valence-electron chi connectivity index (χ3n) is 3.00. The van der Waals surface area contributed by atoms with Crippen LogP contribution < -0.4 is 5.32 Å². The number of hydrogen-bond acceptors (Lipinski definition) is 4. The van der Waals surface area contributed by atoms with Crippen molar-refractivity contribution in [2.45, 2.75) is 31.2 Å². The first-order valence-electron chi connectivity index (χ1n) is 4.67. The van der Waals surface area contributed by atoms with Gasteiger partial charge in [0.2, 0.25) is 0 Å². The molecule has 1 aliphatic rings. The van der Waals surface area contributed by atoms with Crippen LogP contribution in [0.4, 0.5) is 0 Å². The lowest BCUT2D eigenvalue weighted by Crippen LogP contribution is -2.65. The molecule has 13 heavy (non-hydrogen) atoms. The summed E-state index contributed by atoms with van der Waals surface area (Å²) in [5.74, 6) is -0.840. The van der Waals surface area contributed by atoms with E-state index in [9.17, 15) is 5.11 Å². The molecule has 1 heterocycles. The summed E-state index contributed by atoms with van der Waals surface area (Å²) in [5, 5.41) is 13.4. The highest BCUT2D eigenvalue weighted by atomic mass is 16.7. The average molecular weight is 189 g/mol. The average Bonchev–Trinajstić information content (AvgIpc) is 2.19. The molecule has 0 saturated carbocycles. The number of β-amino-alcohol motifs (C(OH)–C–C–N with tert-alkyl or cyclic N) is 1. The molecule has 1 fully saturated rings. The Balaban J connectivity index is 2.87. The van der Waals surface area contributed by atoms with Crippen LogP contribution in [-0.2, 0) is 9.47 Å². The zero-order valence-corrected chi connectivity index (χ0v) is 8.59. The summed E-state index contributed by atoms with van der Waals surface area (Å²) in [6.07, 6.45) is 1.28. The van der Waals surface area contributed by atoms with Gasteiger partial charge in [-0.1, -0.05) is 6.92 Å². The van der Waals surface area contributed by atoms with Gasteiger partial charge >= 0.3 is 0 Å². The minimum absolute atomic E-state index is 0.519. The Hall–Kier alpha value is -0.160. The zero-order chi connectivity index (χ0) is 9.95. The summed E-state index contributed by atoms with van der Waals surface area (Å²) < 4.78 is 10.6. The molecule has 4 heteroatoms. The zero-order valence-electron chi connectivity index (χ0n) is 8.59. The first-order chi connectivity index (χ1) is 6.14. The maximum absolute atomic E-state index is 10.3. The summed E-state index contributed by atoms with van der Waals surface area (Å²) in [6.45, 7) is 3.26. The monoisotopic (exact) mass is 189 g/mol. The molecule has 78 valence electrons. The number of nitrogens with one attached hydrogen (secondary N) is 1. The van der Waals surface area contributed by atoms with Gasteiger partial charge in [-0.05, 0) is 6.42 Å². The lowest BCUT2D eigenvalue weighted by Gasteiger charge is -2.47. The van der Waals surface area contributed by atoms with E-state index >= 15 is 0 Å². The van der Waals surface area contributed by atoms with E-state index in [1.807, 2.05) is 6.92 Å². The third-order valence-corrected chi connectivity index (χ3v) is 3.00. The standard InChI is InChI=1S/C9H19NO3/c1-4-8(11)7-10-6-5-9(8,12-2)13-3/h10-11H,4-7H2,1-3H3. The molecule has 0 amide bonds. The Bertz CT molecular complexity index is 170. The van der Waals surface area contributed by atoms with Crippen LogP contribution in [0.15, 0.2) is 0 Å². The number of methoxy groups -OCH3 is 2. The predicted octanol–water partition coefficient (Wildman–Crippen LogP) is 0.110. The van der Waals surface area contributed by atoms with E-state index in [0.717, 1.165) is 6.54 Å². The number of ether oxygens (including phenoxy) is 2. The van der Waals surface area contributed by atoms with E-state index in [-0.39, 0.29) is 0 Å². The van der Waals surface area contributed by atoms with Crippen molar-refractivity contribution in [3.05, 3.63) is 0 Å². The van der Waals surface area contributed by atoms with Crippen molar-refractivity contribution >= 4 is 0 Å². The third kappa shape index (κ3) is 1.59. The molecule has 0 spiro atoms. The lowest BCUT2D eigenvalue weighted by atomic mass is 9.84. The van der Waals surface area contributed by atoms with Crippen LogP contribution in [0.1, 0.15) is 19.8 Å². The first kappa shape index (κ1) is 10.9. The molecule has 1 atom stereocenters. The fraction of sp³-hybridized carbons (Fsp3) is 1.00. The molecular formula is C9H19NO3. The molecule has 2 N–H and O–H groups in total. The molecule has 0 aliphatic carbocycles. The Morgan fingerprint density at radius 3 is 2.38 bits per heavy atom. The normalized spacial score (nSPS) is 33.2. The predicted molar refractivity (Wildman–Crippen MR) is 49.5 cm³/mol. The van der Waals surface area contributed by atoms with Crippen molar-refractivity contribution < 1.29 is 14.6 Å². The van der Waals surface area contributed by atoms with Crippen LogP contribution >= 0.6 is 0 Å². The first-order valence-corrected chi connectivity index (χ1v) is 4.67. The second kappa shape index (κ2) is 3.92. The van der Waals surface area contributed by atoms with E-state index in [1.54, 1.807) is 14.2 Å². The Labute approximate surface area is 79.2 Å². The highest BCUT2D eigenvalue weighted by molar-refractivity contribution is 4.99. The van der Waals surface area contributed by atoms with Crippen molar-refractivity contribution in [3.63, 3.8) is 0 Å². The topological polar surface area (TPSA) is 50.7 Å². The molecule has 4 nitrogen and oxygen atoms in total. The van der Waals surface area contributed by atoms with E-state index in [2.05, 4.69) is 5.32 Å². The highest BCUT2D eigenvalue weighted by Crippen LogP contribution is 2.34. The van der Waals surface area contributed by atoms with Crippen LogP contribution in [0.5, 0.6) is 0 Å². The van der Waals surface area contributed by atoms with Crippen molar-refractivity contribution in [2.24, 2.45) is 0 Å². The summed E-state index contributed by atoms with van der Waals surface area (Å²) in [7, 11) is 3.16. The van der Waals surface area contributed by atoms with Gasteiger partial charge in [-0.3, -0.25) is 0 Å². The lowest BCUT2D eigenvalue weighted by molar-refractivity contribution is -0.311. The van der Waals surface area contributed by atoms with Crippen LogP contribution in [0.3, 0.4) is 0 Å². The fourth-order valence-electron chi connectivity index (χ4n) is 1.98. The van der Waals surface area contributed by atoms with Gasteiger partial charge in [0.25, 0.3) is 0 Å². The van der Waals surface area contributed by atoms with E-state index in [1.165, 1.54) is 0 Å². The molecule has 1 rings (SSSR count). The molecule has 1 saturated heterocycles. The number of hydrogen-bond donors (Lipinski definition) is 2. The minimum atomic E-state index is -0.922. The summed E-state index contributed by atoms with van der Waals surface area (Å²) in [6, 6.07) is 0. The Morgan fingerprint density at radius 2 is 2.00 bits per heavy atom. The van der Waals surface area contributed by atoms with Crippen molar-refractivity contribution in [1.29, 1.82) is 0 Å². The number of piperidine rings is 1. The molecular weight excluding hydrogens is 170 g/mol. The number of aliphatic hydroxyl groups is 1. The minimum Gasteiger partial charge on any atom is -0.383 e. The quantitative estimate of drug-likeness (QED) is 0.619. The Morgan fingerprint density at radius 1 is 1.38 bits per heavy atom. The van der Waals surface area contributed by atoms with Crippen molar-refractivity contribution in [1.82, 2.24) is 5.32 Å². The second-order valence-corrected chi connectivity index (χ2v) is 3.47. The van der Waals surface area contributed by atoms with E-state index in [4.69, 9.17) is 9.47 Å².